The highest BCUT2D eigenvalue weighted by Crippen LogP contribution is 2.27. The highest BCUT2D eigenvalue weighted by Gasteiger charge is 2.37. The molecule has 1 heterocycles. The Morgan fingerprint density at radius 3 is 2.83 bits per heavy atom. The van der Waals surface area contributed by atoms with Crippen molar-refractivity contribution in [1.82, 2.24) is 15.2 Å². The van der Waals surface area contributed by atoms with Gasteiger partial charge in [0.15, 0.2) is 5.82 Å². The molecule has 0 aliphatic heterocycles. The van der Waals surface area contributed by atoms with E-state index >= 15 is 0 Å². The van der Waals surface area contributed by atoms with Crippen molar-refractivity contribution in [2.75, 3.05) is 0 Å². The van der Waals surface area contributed by atoms with Crippen LogP contribution in [0, 0.1) is 0 Å². The first kappa shape index (κ1) is 8.57. The lowest BCUT2D eigenvalue weighted by Gasteiger charge is -2.08. The van der Waals surface area contributed by atoms with Gasteiger partial charge in [-0.3, -0.25) is 9.89 Å². The van der Waals surface area contributed by atoms with E-state index in [-0.39, 0.29) is 0 Å². The van der Waals surface area contributed by atoms with Crippen LogP contribution in [0.2, 0.25) is 0 Å². The Labute approximate surface area is 65.4 Å². The van der Waals surface area contributed by atoms with Crippen LogP contribution in [0.25, 0.3) is 0 Å². The van der Waals surface area contributed by atoms with Crippen LogP contribution in [0.15, 0.2) is 6.33 Å². The number of halogens is 2. The molecule has 0 atom stereocenters. The number of carbonyl (C=O) groups is 1. The van der Waals surface area contributed by atoms with Crippen molar-refractivity contribution in [1.29, 1.82) is 0 Å². The molecule has 0 spiro atoms. The van der Waals surface area contributed by atoms with Crippen molar-refractivity contribution >= 4 is 5.97 Å². The molecule has 0 aromatic carbocycles. The number of carboxylic acids is 1. The van der Waals surface area contributed by atoms with Crippen LogP contribution in [0.3, 0.4) is 0 Å². The summed E-state index contributed by atoms with van der Waals surface area (Å²) >= 11 is 0. The number of H-pyrrole nitrogens is 1. The maximum atomic E-state index is 12.7. The van der Waals surface area contributed by atoms with Gasteiger partial charge in [-0.15, -0.1) is 0 Å². The number of alkyl halides is 2. The summed E-state index contributed by atoms with van der Waals surface area (Å²) in [6.07, 6.45) is -0.396. The second-order valence-electron chi connectivity index (χ2n) is 2.11. The van der Waals surface area contributed by atoms with Gasteiger partial charge in [-0.05, 0) is 0 Å². The third-order valence-corrected chi connectivity index (χ3v) is 1.13. The fourth-order valence-electron chi connectivity index (χ4n) is 0.655. The molecule has 0 radical (unpaired) electrons. The van der Waals surface area contributed by atoms with Crippen LogP contribution in [0.4, 0.5) is 8.78 Å². The van der Waals surface area contributed by atoms with E-state index in [1.807, 2.05) is 5.10 Å². The van der Waals surface area contributed by atoms with Crippen molar-refractivity contribution in [2.45, 2.75) is 12.3 Å². The number of hydrogen-bond acceptors (Lipinski definition) is 3. The molecule has 0 fully saturated rings. The molecule has 2 N–H and O–H groups in total. The smallest absolute Gasteiger partial charge is 0.316 e. The summed E-state index contributed by atoms with van der Waals surface area (Å²) in [5, 5.41) is 13.2. The first-order chi connectivity index (χ1) is 5.52. The summed E-state index contributed by atoms with van der Waals surface area (Å²) < 4.78 is 25.5. The molecule has 0 saturated heterocycles. The van der Waals surface area contributed by atoms with Crippen LogP contribution in [0.5, 0.6) is 0 Å². The summed E-state index contributed by atoms with van der Waals surface area (Å²) in [7, 11) is 0. The van der Waals surface area contributed by atoms with Crippen LogP contribution in [-0.4, -0.2) is 26.3 Å². The molecule has 12 heavy (non-hydrogen) atoms. The fraction of sp³-hybridized carbons (Fsp3) is 0.400. The molecule has 0 aliphatic carbocycles. The second-order valence-corrected chi connectivity index (χ2v) is 2.11. The lowest BCUT2D eigenvalue weighted by Crippen LogP contribution is -2.20. The molecular weight excluding hydrogens is 172 g/mol. The fourth-order valence-corrected chi connectivity index (χ4v) is 0.655. The van der Waals surface area contributed by atoms with Gasteiger partial charge in [0, 0.05) is 0 Å². The van der Waals surface area contributed by atoms with E-state index in [1.54, 1.807) is 0 Å². The lowest BCUT2D eigenvalue weighted by molar-refractivity contribution is -0.146. The van der Waals surface area contributed by atoms with Crippen molar-refractivity contribution < 1.29 is 18.7 Å². The zero-order valence-corrected chi connectivity index (χ0v) is 5.79. The van der Waals surface area contributed by atoms with E-state index in [0.29, 0.717) is 0 Å². The monoisotopic (exact) mass is 177 g/mol. The summed E-state index contributed by atoms with van der Waals surface area (Å²) in [5.74, 6) is -5.80. The zero-order valence-electron chi connectivity index (χ0n) is 5.79. The van der Waals surface area contributed by atoms with Gasteiger partial charge in [-0.2, -0.15) is 13.9 Å². The predicted molar refractivity (Wildman–Crippen MR) is 32.5 cm³/mol. The van der Waals surface area contributed by atoms with Gasteiger partial charge in [0.1, 0.15) is 12.7 Å². The van der Waals surface area contributed by atoms with Gasteiger partial charge in [0.25, 0.3) is 0 Å². The Balaban J connectivity index is 2.79. The first-order valence-electron chi connectivity index (χ1n) is 2.98. The number of nitrogens with one attached hydrogen (secondary N) is 1. The third-order valence-electron chi connectivity index (χ3n) is 1.13. The van der Waals surface area contributed by atoms with E-state index in [2.05, 4.69) is 10.1 Å². The minimum atomic E-state index is -3.48. The highest BCUT2D eigenvalue weighted by molar-refractivity contribution is 5.67. The second kappa shape index (κ2) is 2.84. The van der Waals surface area contributed by atoms with Gasteiger partial charge in [-0.1, -0.05) is 0 Å². The van der Waals surface area contributed by atoms with Gasteiger partial charge < -0.3 is 5.11 Å². The molecule has 0 bridgehead atoms. The topological polar surface area (TPSA) is 78.9 Å². The van der Waals surface area contributed by atoms with Crippen molar-refractivity contribution in [3.05, 3.63) is 12.2 Å². The molecule has 0 aliphatic rings. The normalized spacial score (nSPS) is 11.5. The minimum Gasteiger partial charge on any atom is -0.481 e. The summed E-state index contributed by atoms with van der Waals surface area (Å²) in [6.45, 7) is 0. The van der Waals surface area contributed by atoms with Gasteiger partial charge in [0.05, 0.1) is 0 Å². The molecule has 0 saturated carbocycles. The average molecular weight is 177 g/mol. The van der Waals surface area contributed by atoms with E-state index in [0.717, 1.165) is 6.33 Å². The first-order valence-corrected chi connectivity index (χ1v) is 2.98. The average Bonchev–Trinajstić information content (AvgIpc) is 2.32. The Hall–Kier alpha value is -1.53. The molecule has 7 heteroatoms. The van der Waals surface area contributed by atoms with Crippen LogP contribution < -0.4 is 0 Å². The van der Waals surface area contributed by atoms with Crippen molar-refractivity contribution in [2.24, 2.45) is 0 Å². The summed E-state index contributed by atoms with van der Waals surface area (Å²) in [5.41, 5.74) is 0. The summed E-state index contributed by atoms with van der Waals surface area (Å²) in [4.78, 5) is 13.1. The zero-order chi connectivity index (χ0) is 9.19. The Bertz CT molecular complexity index is 272. The molecule has 1 aromatic heterocycles. The van der Waals surface area contributed by atoms with Crippen molar-refractivity contribution in [3.63, 3.8) is 0 Å². The molecule has 66 valence electrons. The molecule has 5 nitrogen and oxygen atoms in total. The third kappa shape index (κ3) is 1.74. The Kier molecular flexibility index (Phi) is 2.03. The highest BCUT2D eigenvalue weighted by atomic mass is 19.3. The van der Waals surface area contributed by atoms with Gasteiger partial charge >= 0.3 is 11.9 Å². The predicted octanol–water partition coefficient (Wildman–Crippen LogP) is 0.371. The van der Waals surface area contributed by atoms with Crippen molar-refractivity contribution in [3.8, 4) is 0 Å². The number of nitrogens with zero attached hydrogens (tertiary/aromatic N) is 2. The molecule has 0 unspecified atom stereocenters. The van der Waals surface area contributed by atoms with E-state index in [1.165, 1.54) is 0 Å². The molecular formula is C5H5F2N3O2. The Morgan fingerprint density at radius 1 is 1.75 bits per heavy atom. The SMILES string of the molecule is O=C(O)CC(F)(F)c1ncn[nH]1. The number of carboxylic acid groups (broad SMARTS) is 1. The molecule has 1 aromatic rings. The van der Waals surface area contributed by atoms with Crippen LogP contribution >= 0.6 is 0 Å². The lowest BCUT2D eigenvalue weighted by atomic mass is 10.2. The minimum absolute atomic E-state index is 0.732. The number of aromatic nitrogens is 3. The number of rotatable bonds is 3. The maximum Gasteiger partial charge on any atom is 0.316 e. The number of aliphatic carboxylic acids is 1. The van der Waals surface area contributed by atoms with Crippen LogP contribution in [-0.2, 0) is 10.7 Å². The van der Waals surface area contributed by atoms with Gasteiger partial charge in [0.2, 0.25) is 0 Å². The Morgan fingerprint density at radius 2 is 2.42 bits per heavy atom. The van der Waals surface area contributed by atoms with Crippen LogP contribution in [0.1, 0.15) is 12.2 Å². The number of hydrogen-bond donors (Lipinski definition) is 2. The maximum absolute atomic E-state index is 12.7. The van der Waals surface area contributed by atoms with Gasteiger partial charge in [-0.25, -0.2) is 4.98 Å². The largest absolute Gasteiger partial charge is 0.481 e. The van der Waals surface area contributed by atoms with E-state index < -0.39 is 24.1 Å². The van der Waals surface area contributed by atoms with E-state index in [9.17, 15) is 13.6 Å². The molecule has 1 rings (SSSR count). The van der Waals surface area contributed by atoms with E-state index in [4.69, 9.17) is 5.11 Å². The molecule has 0 amide bonds. The quantitative estimate of drug-likeness (QED) is 0.699. The standard InChI is InChI=1S/C5H5F2N3O2/c6-5(7,1-3(11)12)4-8-2-9-10-4/h2H,1H2,(H,11,12)(H,8,9,10). The number of aromatic amines is 1. The summed E-state index contributed by atoms with van der Waals surface area (Å²) in [6, 6.07) is 0.